The molecule has 24 heavy (non-hydrogen) atoms. The van der Waals surface area contributed by atoms with Gasteiger partial charge in [-0.25, -0.2) is 0 Å². The lowest BCUT2D eigenvalue weighted by Gasteiger charge is -2.25. The smallest absolute Gasteiger partial charge is 0.230 e. The molecule has 0 spiro atoms. The SMILES string of the molecule is CC(C)c1nc([C@H]2CCCN2C(=O)[C@H]2CCc3ccccc32)no1. The van der Waals surface area contributed by atoms with Crippen LogP contribution in [0.2, 0.25) is 0 Å². The summed E-state index contributed by atoms with van der Waals surface area (Å²) in [6.07, 6.45) is 3.81. The first-order chi connectivity index (χ1) is 11.6. The summed E-state index contributed by atoms with van der Waals surface area (Å²) < 4.78 is 5.35. The Morgan fingerprint density at radius 3 is 2.92 bits per heavy atom. The Kier molecular flexibility index (Phi) is 3.87. The van der Waals surface area contributed by atoms with Crippen LogP contribution in [0.5, 0.6) is 0 Å². The zero-order chi connectivity index (χ0) is 16.7. The maximum atomic E-state index is 13.2. The van der Waals surface area contributed by atoms with Gasteiger partial charge < -0.3 is 9.42 Å². The molecule has 1 saturated heterocycles. The van der Waals surface area contributed by atoms with Gasteiger partial charge in [0.05, 0.1) is 12.0 Å². The summed E-state index contributed by atoms with van der Waals surface area (Å²) >= 11 is 0. The molecule has 126 valence electrons. The highest BCUT2D eigenvalue weighted by Gasteiger charge is 2.39. The van der Waals surface area contributed by atoms with Crippen LogP contribution in [0.4, 0.5) is 0 Å². The number of amides is 1. The quantitative estimate of drug-likeness (QED) is 0.865. The fourth-order valence-corrected chi connectivity index (χ4v) is 3.93. The van der Waals surface area contributed by atoms with Gasteiger partial charge in [0.15, 0.2) is 5.82 Å². The molecule has 1 aliphatic heterocycles. The standard InChI is InChI=1S/C19H23N3O2/c1-12(2)18-20-17(21-24-18)16-8-5-11-22(16)19(23)15-10-9-13-6-3-4-7-14(13)15/h3-4,6-7,12,15-16H,5,8-11H2,1-2H3/t15-,16+/m0/s1. The number of fused-ring (bicyclic) bond motifs is 1. The summed E-state index contributed by atoms with van der Waals surface area (Å²) in [5, 5.41) is 4.14. The largest absolute Gasteiger partial charge is 0.339 e. The highest BCUT2D eigenvalue weighted by Crippen LogP contribution is 2.39. The van der Waals surface area contributed by atoms with Gasteiger partial charge in [0, 0.05) is 12.5 Å². The van der Waals surface area contributed by atoms with Crippen molar-refractivity contribution in [2.45, 2.75) is 57.4 Å². The lowest BCUT2D eigenvalue weighted by molar-refractivity contribution is -0.133. The van der Waals surface area contributed by atoms with E-state index in [-0.39, 0.29) is 23.8 Å². The first-order valence-corrected chi connectivity index (χ1v) is 8.87. The van der Waals surface area contributed by atoms with Crippen molar-refractivity contribution in [1.82, 2.24) is 15.0 Å². The van der Waals surface area contributed by atoms with E-state index in [1.54, 1.807) is 0 Å². The van der Waals surface area contributed by atoms with E-state index in [1.807, 2.05) is 24.8 Å². The summed E-state index contributed by atoms with van der Waals surface area (Å²) in [5.74, 6) is 1.72. The average molecular weight is 325 g/mol. The van der Waals surface area contributed by atoms with Crippen molar-refractivity contribution in [2.75, 3.05) is 6.54 Å². The summed E-state index contributed by atoms with van der Waals surface area (Å²) in [5.41, 5.74) is 2.51. The molecule has 1 aromatic carbocycles. The fourth-order valence-electron chi connectivity index (χ4n) is 3.93. The topological polar surface area (TPSA) is 59.2 Å². The molecule has 5 heteroatoms. The van der Waals surface area contributed by atoms with Crippen molar-refractivity contribution in [3.8, 4) is 0 Å². The minimum atomic E-state index is -0.0403. The molecule has 0 saturated carbocycles. The Morgan fingerprint density at radius 1 is 1.29 bits per heavy atom. The van der Waals surface area contributed by atoms with Crippen LogP contribution < -0.4 is 0 Å². The molecule has 2 heterocycles. The fraction of sp³-hybridized carbons (Fsp3) is 0.526. The van der Waals surface area contributed by atoms with Crippen LogP contribution in [-0.2, 0) is 11.2 Å². The van der Waals surface area contributed by atoms with Gasteiger partial charge in [0.1, 0.15) is 0 Å². The van der Waals surface area contributed by atoms with E-state index < -0.39 is 0 Å². The number of benzene rings is 1. The van der Waals surface area contributed by atoms with Gasteiger partial charge in [-0.1, -0.05) is 43.3 Å². The van der Waals surface area contributed by atoms with Crippen molar-refractivity contribution in [1.29, 1.82) is 0 Å². The van der Waals surface area contributed by atoms with E-state index >= 15 is 0 Å². The number of hydrogen-bond donors (Lipinski definition) is 0. The maximum Gasteiger partial charge on any atom is 0.230 e. The second-order valence-electron chi connectivity index (χ2n) is 7.13. The Labute approximate surface area is 142 Å². The number of nitrogens with zero attached hydrogens (tertiary/aromatic N) is 3. The Hall–Kier alpha value is -2.17. The number of aryl methyl sites for hydroxylation is 1. The number of carbonyl (C=O) groups is 1. The van der Waals surface area contributed by atoms with Crippen LogP contribution in [0.15, 0.2) is 28.8 Å². The van der Waals surface area contributed by atoms with Crippen LogP contribution >= 0.6 is 0 Å². The van der Waals surface area contributed by atoms with Crippen LogP contribution in [0.3, 0.4) is 0 Å². The lowest BCUT2D eigenvalue weighted by atomic mass is 9.99. The highest BCUT2D eigenvalue weighted by molar-refractivity contribution is 5.85. The molecule has 0 radical (unpaired) electrons. The van der Waals surface area contributed by atoms with Crippen LogP contribution in [-0.4, -0.2) is 27.5 Å². The molecular formula is C19H23N3O2. The zero-order valence-electron chi connectivity index (χ0n) is 14.2. The number of carbonyl (C=O) groups excluding carboxylic acids is 1. The summed E-state index contributed by atoms with van der Waals surface area (Å²) in [6.45, 7) is 4.85. The predicted octanol–water partition coefficient (Wildman–Crippen LogP) is 3.59. The average Bonchev–Trinajstić information content (AvgIpc) is 3.31. The van der Waals surface area contributed by atoms with Crippen molar-refractivity contribution < 1.29 is 9.32 Å². The molecule has 2 aliphatic rings. The van der Waals surface area contributed by atoms with Crippen molar-refractivity contribution in [2.24, 2.45) is 0 Å². The molecule has 1 amide bonds. The Morgan fingerprint density at radius 2 is 2.12 bits per heavy atom. The molecule has 1 aromatic heterocycles. The van der Waals surface area contributed by atoms with Crippen LogP contribution in [0.1, 0.15) is 73.8 Å². The number of likely N-dealkylation sites (tertiary alicyclic amines) is 1. The zero-order valence-corrected chi connectivity index (χ0v) is 14.2. The van der Waals surface area contributed by atoms with Gasteiger partial charge in [0.2, 0.25) is 11.8 Å². The van der Waals surface area contributed by atoms with E-state index in [0.717, 1.165) is 32.2 Å². The van der Waals surface area contributed by atoms with Crippen LogP contribution in [0, 0.1) is 0 Å². The second kappa shape index (κ2) is 6.04. The predicted molar refractivity (Wildman–Crippen MR) is 89.6 cm³/mol. The van der Waals surface area contributed by atoms with E-state index in [1.165, 1.54) is 11.1 Å². The molecule has 1 aliphatic carbocycles. The summed E-state index contributed by atoms with van der Waals surface area (Å²) in [4.78, 5) is 19.7. The van der Waals surface area contributed by atoms with Gasteiger partial charge in [-0.05, 0) is 36.8 Å². The molecule has 2 atom stereocenters. The number of hydrogen-bond acceptors (Lipinski definition) is 4. The number of aromatic nitrogens is 2. The van der Waals surface area contributed by atoms with Crippen LogP contribution in [0.25, 0.3) is 0 Å². The van der Waals surface area contributed by atoms with E-state index in [4.69, 9.17) is 4.52 Å². The maximum absolute atomic E-state index is 13.2. The van der Waals surface area contributed by atoms with Gasteiger partial charge in [-0.15, -0.1) is 0 Å². The van der Waals surface area contributed by atoms with Gasteiger partial charge in [-0.2, -0.15) is 4.98 Å². The van der Waals surface area contributed by atoms with Gasteiger partial charge in [-0.3, -0.25) is 4.79 Å². The molecule has 0 unspecified atom stereocenters. The minimum Gasteiger partial charge on any atom is -0.339 e. The third-order valence-electron chi connectivity index (χ3n) is 5.22. The molecule has 0 N–H and O–H groups in total. The first kappa shape index (κ1) is 15.4. The molecular weight excluding hydrogens is 302 g/mol. The summed E-state index contributed by atoms with van der Waals surface area (Å²) in [6, 6.07) is 8.28. The molecule has 2 aromatic rings. The number of rotatable bonds is 3. The lowest BCUT2D eigenvalue weighted by Crippen LogP contribution is -2.34. The first-order valence-electron chi connectivity index (χ1n) is 8.87. The Bertz CT molecular complexity index is 753. The molecule has 4 rings (SSSR count). The molecule has 1 fully saturated rings. The summed E-state index contributed by atoms with van der Waals surface area (Å²) in [7, 11) is 0. The van der Waals surface area contributed by atoms with Gasteiger partial charge >= 0.3 is 0 Å². The van der Waals surface area contributed by atoms with Crippen molar-refractivity contribution in [3.05, 3.63) is 47.1 Å². The minimum absolute atomic E-state index is 0.0155. The van der Waals surface area contributed by atoms with E-state index in [0.29, 0.717) is 11.7 Å². The van der Waals surface area contributed by atoms with Crippen molar-refractivity contribution >= 4 is 5.91 Å². The second-order valence-corrected chi connectivity index (χ2v) is 7.13. The van der Waals surface area contributed by atoms with E-state index in [2.05, 4.69) is 28.3 Å². The third kappa shape index (κ3) is 2.52. The van der Waals surface area contributed by atoms with Crippen molar-refractivity contribution in [3.63, 3.8) is 0 Å². The molecule has 0 bridgehead atoms. The van der Waals surface area contributed by atoms with Gasteiger partial charge in [0.25, 0.3) is 0 Å². The third-order valence-corrected chi connectivity index (χ3v) is 5.22. The normalized spacial score (nSPS) is 23.0. The monoisotopic (exact) mass is 325 g/mol. The molecule has 5 nitrogen and oxygen atoms in total. The van der Waals surface area contributed by atoms with E-state index in [9.17, 15) is 4.79 Å². The Balaban J connectivity index is 1.57. The highest BCUT2D eigenvalue weighted by atomic mass is 16.5.